The van der Waals surface area contributed by atoms with Crippen molar-refractivity contribution < 1.29 is 5.17 Å². The second-order valence-electron chi connectivity index (χ2n) is 2.09. The normalized spacial score (nSPS) is 12.6. The maximum absolute atomic E-state index is 10.6. The smallest absolute Gasteiger partial charge is 0.150 e. The van der Waals surface area contributed by atoms with Gasteiger partial charge in [-0.3, -0.25) is 11.0 Å². The van der Waals surface area contributed by atoms with E-state index in [9.17, 15) is 5.21 Å². The molecule has 1 aromatic carbocycles. The average Bonchev–Trinajstić information content (AvgIpc) is 2.05. The van der Waals surface area contributed by atoms with E-state index in [1.54, 1.807) is 24.3 Å². The Bertz CT molecular complexity index is 221. The summed E-state index contributed by atoms with van der Waals surface area (Å²) >= 11 is 0. The summed E-state index contributed by atoms with van der Waals surface area (Å²) in [6.07, 6.45) is 0. The summed E-state index contributed by atoms with van der Waals surface area (Å²) in [4.78, 5) is 0. The number of quaternary nitrogens is 1. The number of benzene rings is 1. The highest BCUT2D eigenvalue weighted by Crippen LogP contribution is 2.07. The molecule has 0 aromatic heterocycles. The van der Waals surface area contributed by atoms with E-state index in [0.717, 1.165) is 5.69 Å². The lowest BCUT2D eigenvalue weighted by Crippen LogP contribution is -3.08. The molecule has 0 aliphatic carbocycles. The lowest BCUT2D eigenvalue weighted by Gasteiger charge is -2.13. The number of hydrogen-bond acceptors (Lipinski definition) is 4. The van der Waals surface area contributed by atoms with Gasteiger partial charge in [-0.2, -0.15) is 5.84 Å². The first-order chi connectivity index (χ1) is 5.24. The van der Waals surface area contributed by atoms with E-state index >= 15 is 0 Å². The topological polar surface area (TPSA) is 91.6 Å². The fourth-order valence-corrected chi connectivity index (χ4v) is 0.731. The molecule has 0 bridgehead atoms. The highest BCUT2D eigenvalue weighted by molar-refractivity contribution is 5.47. The minimum atomic E-state index is -0.437. The Morgan fingerprint density at radius 1 is 1.27 bits per heavy atom. The minimum absolute atomic E-state index is 0.437. The van der Waals surface area contributed by atoms with E-state index in [0.29, 0.717) is 5.69 Å². The fourth-order valence-electron chi connectivity index (χ4n) is 0.731. The van der Waals surface area contributed by atoms with Crippen LogP contribution >= 0.6 is 0 Å². The molecule has 0 radical (unpaired) electrons. The molecule has 5 nitrogen and oxygen atoms in total. The van der Waals surface area contributed by atoms with E-state index in [-0.39, 0.29) is 0 Å². The van der Waals surface area contributed by atoms with Crippen molar-refractivity contribution in [2.24, 2.45) is 11.7 Å². The van der Waals surface area contributed by atoms with Crippen LogP contribution in [0.1, 0.15) is 0 Å². The van der Waals surface area contributed by atoms with Crippen LogP contribution in [0.4, 0.5) is 11.4 Å². The molecule has 5 heteroatoms. The number of rotatable bonds is 2. The van der Waals surface area contributed by atoms with Gasteiger partial charge in [-0.1, -0.05) is 0 Å². The van der Waals surface area contributed by atoms with Gasteiger partial charge in [0.2, 0.25) is 0 Å². The number of nitrogens with two attached hydrogens (primary N) is 2. The summed E-state index contributed by atoms with van der Waals surface area (Å²) in [5.74, 6) is 10.1. The molecule has 1 rings (SSSR count). The van der Waals surface area contributed by atoms with Crippen LogP contribution in [0, 0.1) is 5.21 Å². The van der Waals surface area contributed by atoms with Crippen molar-refractivity contribution in [3.63, 3.8) is 0 Å². The lowest BCUT2D eigenvalue weighted by molar-refractivity contribution is -0.789. The van der Waals surface area contributed by atoms with Gasteiger partial charge in [-0.15, -0.1) is 0 Å². The fraction of sp³-hybridized carbons (Fsp3) is 0. The van der Waals surface area contributed by atoms with E-state index < -0.39 is 5.17 Å². The van der Waals surface area contributed by atoms with Crippen LogP contribution in [-0.4, -0.2) is 0 Å². The molecule has 0 aliphatic heterocycles. The second kappa shape index (κ2) is 3.31. The molecule has 0 aliphatic rings. The van der Waals surface area contributed by atoms with E-state index in [4.69, 9.17) is 11.7 Å². The van der Waals surface area contributed by atoms with Crippen LogP contribution in [0.15, 0.2) is 24.3 Å². The summed E-state index contributed by atoms with van der Waals surface area (Å²) < 4.78 is 0. The van der Waals surface area contributed by atoms with Crippen molar-refractivity contribution in [2.45, 2.75) is 0 Å². The third-order valence-electron chi connectivity index (χ3n) is 1.34. The Labute approximate surface area is 64.1 Å². The van der Waals surface area contributed by atoms with Crippen molar-refractivity contribution in [2.75, 3.05) is 5.43 Å². The molecule has 0 saturated heterocycles. The monoisotopic (exact) mass is 154 g/mol. The SMILES string of the molecule is NNc1ccc([NH+](N)[O-])cc1. The molecule has 1 aromatic rings. The van der Waals surface area contributed by atoms with Gasteiger partial charge >= 0.3 is 0 Å². The molecule has 6 N–H and O–H groups in total. The Morgan fingerprint density at radius 3 is 2.18 bits per heavy atom. The molecule has 0 spiro atoms. The third kappa shape index (κ3) is 1.89. The highest BCUT2D eigenvalue weighted by atomic mass is 16.5. The first-order valence-corrected chi connectivity index (χ1v) is 3.10. The van der Waals surface area contributed by atoms with Crippen LogP contribution in [0.25, 0.3) is 0 Å². The standard InChI is InChI=1S/C6H10N4O/c7-9-5-1-3-6(4-2-5)10(8)11/h1-4,9-10H,7-8H2. The third-order valence-corrected chi connectivity index (χ3v) is 1.34. The number of nitrogen functional groups attached to an aromatic ring is 2. The van der Waals surface area contributed by atoms with Crippen molar-refractivity contribution in [1.82, 2.24) is 0 Å². The van der Waals surface area contributed by atoms with Gasteiger partial charge in [0.15, 0.2) is 5.69 Å². The van der Waals surface area contributed by atoms with Crippen molar-refractivity contribution in [3.8, 4) is 0 Å². The number of hydrazine groups is 1. The second-order valence-corrected chi connectivity index (χ2v) is 2.09. The molecule has 0 amide bonds. The summed E-state index contributed by atoms with van der Waals surface area (Å²) in [5.41, 5.74) is 3.66. The summed E-state index contributed by atoms with van der Waals surface area (Å²) in [5, 5.41) is 10.1. The first-order valence-electron chi connectivity index (χ1n) is 3.10. The molecule has 0 fully saturated rings. The zero-order valence-electron chi connectivity index (χ0n) is 5.87. The Hall–Kier alpha value is -1.14. The quantitative estimate of drug-likeness (QED) is 0.320. The van der Waals surface area contributed by atoms with Crippen molar-refractivity contribution in [1.29, 1.82) is 0 Å². The predicted octanol–water partition coefficient (Wildman–Crippen LogP) is -1.14. The van der Waals surface area contributed by atoms with Gasteiger partial charge in [-0.05, 0) is 12.1 Å². The largest absolute Gasteiger partial charge is 0.608 e. The zero-order valence-corrected chi connectivity index (χ0v) is 5.87. The van der Waals surface area contributed by atoms with Gasteiger partial charge in [0.25, 0.3) is 0 Å². The lowest BCUT2D eigenvalue weighted by atomic mass is 10.3. The van der Waals surface area contributed by atoms with Crippen LogP contribution in [0.3, 0.4) is 0 Å². The zero-order chi connectivity index (χ0) is 8.27. The van der Waals surface area contributed by atoms with Gasteiger partial charge < -0.3 is 10.6 Å². The molecule has 1 atom stereocenters. The van der Waals surface area contributed by atoms with Crippen molar-refractivity contribution >= 4 is 11.4 Å². The summed E-state index contributed by atoms with van der Waals surface area (Å²) in [7, 11) is 0. The highest BCUT2D eigenvalue weighted by Gasteiger charge is 1.95. The van der Waals surface area contributed by atoms with Crippen LogP contribution in [-0.2, 0) is 0 Å². The van der Waals surface area contributed by atoms with Gasteiger partial charge in [-0.25, -0.2) is 0 Å². The van der Waals surface area contributed by atoms with Crippen molar-refractivity contribution in [3.05, 3.63) is 29.5 Å². The predicted molar refractivity (Wildman–Crippen MR) is 42.4 cm³/mol. The molecule has 1 unspecified atom stereocenters. The van der Waals surface area contributed by atoms with E-state index in [1.807, 2.05) is 0 Å². The Balaban J connectivity index is 2.83. The molecule has 0 saturated carbocycles. The maximum atomic E-state index is 10.6. The maximum Gasteiger partial charge on any atom is 0.150 e. The minimum Gasteiger partial charge on any atom is -0.608 e. The molecule has 0 heterocycles. The average molecular weight is 154 g/mol. The number of nitrogens with one attached hydrogen (secondary N) is 2. The Kier molecular flexibility index (Phi) is 2.40. The molecule has 60 valence electrons. The van der Waals surface area contributed by atoms with E-state index in [2.05, 4.69) is 5.43 Å². The van der Waals surface area contributed by atoms with Gasteiger partial charge in [0.05, 0.1) is 0 Å². The van der Waals surface area contributed by atoms with Gasteiger partial charge in [0, 0.05) is 17.8 Å². The van der Waals surface area contributed by atoms with Crippen LogP contribution in [0.2, 0.25) is 0 Å². The molecular formula is C6H10N4O. The van der Waals surface area contributed by atoms with Crippen LogP contribution in [0.5, 0.6) is 0 Å². The molecule has 11 heavy (non-hydrogen) atoms. The summed E-state index contributed by atoms with van der Waals surface area (Å²) in [6, 6.07) is 6.58. The van der Waals surface area contributed by atoms with Gasteiger partial charge in [0.1, 0.15) is 0 Å². The number of anilines is 1. The number of hydrogen-bond donors (Lipinski definition) is 4. The first kappa shape index (κ1) is 7.96. The summed E-state index contributed by atoms with van der Waals surface area (Å²) in [6.45, 7) is 0. The molecular weight excluding hydrogens is 144 g/mol. The Morgan fingerprint density at radius 2 is 1.82 bits per heavy atom. The van der Waals surface area contributed by atoms with E-state index in [1.165, 1.54) is 0 Å². The van der Waals surface area contributed by atoms with Crippen LogP contribution < -0.4 is 22.3 Å².